The number of ether oxygens (including phenoxy) is 3. The molecule has 0 radical (unpaired) electrons. The Hall–Kier alpha value is -2.67. The van der Waals surface area contributed by atoms with Gasteiger partial charge in [0.25, 0.3) is 5.72 Å². The number of carbonyl (C=O) groups excluding carboxylic acids is 2. The van der Waals surface area contributed by atoms with Crippen LogP contribution in [0.1, 0.15) is 19.4 Å². The van der Waals surface area contributed by atoms with Gasteiger partial charge in [0.2, 0.25) is 0 Å². The van der Waals surface area contributed by atoms with Crippen molar-refractivity contribution in [2.75, 3.05) is 13.2 Å². The van der Waals surface area contributed by atoms with E-state index >= 15 is 0 Å². The molecule has 0 aliphatic carbocycles. The van der Waals surface area contributed by atoms with E-state index in [1.807, 2.05) is 6.07 Å². The third kappa shape index (κ3) is 4.06. The van der Waals surface area contributed by atoms with Crippen LogP contribution in [0.5, 0.6) is 0 Å². The Morgan fingerprint density at radius 1 is 1.12 bits per heavy atom. The molecule has 0 amide bonds. The summed E-state index contributed by atoms with van der Waals surface area (Å²) in [5, 5.41) is 2.63. The highest BCUT2D eigenvalue weighted by Gasteiger charge is 2.51. The predicted molar refractivity (Wildman–Crippen MR) is 87.6 cm³/mol. The molecule has 0 bridgehead atoms. The van der Waals surface area contributed by atoms with Crippen molar-refractivity contribution in [2.24, 2.45) is 0 Å². The second-order valence-corrected chi connectivity index (χ2v) is 5.10. The molecule has 0 aromatic heterocycles. The van der Waals surface area contributed by atoms with Crippen LogP contribution in [-0.4, -0.2) is 30.9 Å². The number of halogens is 1. The molecule has 0 fully saturated rings. The zero-order valence-electron chi connectivity index (χ0n) is 14.1. The lowest BCUT2D eigenvalue weighted by atomic mass is 9.98. The summed E-state index contributed by atoms with van der Waals surface area (Å²) in [4.78, 5) is 24.8. The summed E-state index contributed by atoms with van der Waals surface area (Å²) in [6.45, 7) is 3.21. The third-order valence-electron chi connectivity index (χ3n) is 3.45. The highest BCUT2D eigenvalue weighted by molar-refractivity contribution is 6.01. The smallest absolute Gasteiger partial charge is 0.365 e. The Morgan fingerprint density at radius 2 is 1.80 bits per heavy atom. The lowest BCUT2D eigenvalue weighted by Gasteiger charge is -2.34. The molecular formula is C18H20FNO5. The number of allylic oxidation sites excluding steroid dienone is 2. The first-order chi connectivity index (χ1) is 12.0. The Morgan fingerprint density at radius 3 is 2.44 bits per heavy atom. The molecule has 2 rings (SSSR count). The molecule has 1 N–H and O–H groups in total. The van der Waals surface area contributed by atoms with E-state index in [1.165, 1.54) is 6.20 Å². The van der Waals surface area contributed by atoms with Crippen LogP contribution < -0.4 is 5.32 Å². The van der Waals surface area contributed by atoms with Crippen molar-refractivity contribution >= 4 is 11.9 Å². The van der Waals surface area contributed by atoms with E-state index in [-0.39, 0.29) is 19.8 Å². The van der Waals surface area contributed by atoms with E-state index in [0.717, 1.165) is 11.6 Å². The minimum Gasteiger partial charge on any atom is -0.462 e. The first-order valence-electron chi connectivity index (χ1n) is 7.91. The fraction of sp³-hybridized carbons (Fsp3) is 0.333. The van der Waals surface area contributed by atoms with Gasteiger partial charge in [-0.05, 0) is 25.5 Å². The average Bonchev–Trinajstić information content (AvgIpc) is 2.61. The molecule has 1 aliphatic heterocycles. The molecule has 1 aromatic carbocycles. The Bertz CT molecular complexity index is 686. The van der Waals surface area contributed by atoms with Crippen LogP contribution in [0.2, 0.25) is 0 Å². The monoisotopic (exact) mass is 349 g/mol. The molecule has 1 unspecified atom stereocenters. The van der Waals surface area contributed by atoms with E-state index in [2.05, 4.69) is 5.32 Å². The number of hydrogen-bond donors (Lipinski definition) is 1. The van der Waals surface area contributed by atoms with Crippen LogP contribution in [0.4, 0.5) is 4.39 Å². The van der Waals surface area contributed by atoms with Gasteiger partial charge in [-0.25, -0.2) is 14.0 Å². The van der Waals surface area contributed by atoms with Crippen molar-refractivity contribution in [2.45, 2.75) is 26.2 Å². The SMILES string of the molecule is CCOC(=O)C1=C(F)C=CNC1(OCc1ccccc1)C(=O)OCC. The number of dihydropyridines is 1. The largest absolute Gasteiger partial charge is 0.462 e. The molecular weight excluding hydrogens is 329 g/mol. The number of hydrogen-bond acceptors (Lipinski definition) is 6. The topological polar surface area (TPSA) is 73.9 Å². The van der Waals surface area contributed by atoms with Gasteiger partial charge in [0, 0.05) is 6.20 Å². The fourth-order valence-corrected chi connectivity index (χ4v) is 2.33. The zero-order valence-corrected chi connectivity index (χ0v) is 14.1. The van der Waals surface area contributed by atoms with Crippen LogP contribution in [0.25, 0.3) is 0 Å². The minimum atomic E-state index is -2.11. The van der Waals surface area contributed by atoms with E-state index in [1.54, 1.807) is 38.1 Å². The Kier molecular flexibility index (Phi) is 6.30. The summed E-state index contributed by atoms with van der Waals surface area (Å²) in [6, 6.07) is 8.98. The molecule has 0 saturated heterocycles. The van der Waals surface area contributed by atoms with E-state index in [9.17, 15) is 14.0 Å². The normalized spacial score (nSPS) is 19.3. The molecule has 1 aromatic rings. The molecule has 7 heteroatoms. The van der Waals surface area contributed by atoms with Gasteiger partial charge in [-0.2, -0.15) is 0 Å². The third-order valence-corrected chi connectivity index (χ3v) is 3.45. The van der Waals surface area contributed by atoms with Crippen LogP contribution in [0, 0.1) is 0 Å². The van der Waals surface area contributed by atoms with Crippen molar-refractivity contribution in [1.82, 2.24) is 5.32 Å². The molecule has 134 valence electrons. The molecule has 0 saturated carbocycles. The first-order valence-corrected chi connectivity index (χ1v) is 7.91. The molecule has 1 atom stereocenters. The summed E-state index contributed by atoms with van der Waals surface area (Å²) in [5.74, 6) is -2.83. The maximum atomic E-state index is 14.4. The van der Waals surface area contributed by atoms with E-state index in [4.69, 9.17) is 14.2 Å². The molecule has 6 nitrogen and oxygen atoms in total. The number of nitrogens with one attached hydrogen (secondary N) is 1. The van der Waals surface area contributed by atoms with Crippen molar-refractivity contribution in [3.05, 3.63) is 59.6 Å². The van der Waals surface area contributed by atoms with Gasteiger partial charge in [0.05, 0.1) is 19.8 Å². The zero-order chi connectivity index (χ0) is 18.3. The maximum absolute atomic E-state index is 14.4. The summed E-state index contributed by atoms with van der Waals surface area (Å²) in [7, 11) is 0. The standard InChI is InChI=1S/C18H20FNO5/c1-3-23-16(21)15-14(19)10-11-20-18(15,17(22)24-4-2)25-12-13-8-6-5-7-9-13/h5-11,20H,3-4,12H2,1-2H3. The molecule has 1 heterocycles. The summed E-state index contributed by atoms with van der Waals surface area (Å²) < 4.78 is 30.0. The van der Waals surface area contributed by atoms with E-state index < -0.39 is 29.1 Å². The van der Waals surface area contributed by atoms with Gasteiger partial charge in [0.15, 0.2) is 0 Å². The van der Waals surface area contributed by atoms with Crippen LogP contribution in [0.3, 0.4) is 0 Å². The average molecular weight is 349 g/mol. The van der Waals surface area contributed by atoms with E-state index in [0.29, 0.717) is 0 Å². The number of benzene rings is 1. The number of carbonyl (C=O) groups is 2. The first kappa shape index (κ1) is 18.7. The summed E-state index contributed by atoms with van der Waals surface area (Å²) >= 11 is 0. The predicted octanol–water partition coefficient (Wildman–Crippen LogP) is 2.37. The summed E-state index contributed by atoms with van der Waals surface area (Å²) in [6.07, 6.45) is 2.22. The highest BCUT2D eigenvalue weighted by atomic mass is 19.1. The van der Waals surface area contributed by atoms with Crippen molar-refractivity contribution in [3.63, 3.8) is 0 Å². The number of rotatable bonds is 7. The second kappa shape index (κ2) is 8.43. The lowest BCUT2D eigenvalue weighted by Crippen LogP contribution is -2.57. The molecule has 25 heavy (non-hydrogen) atoms. The van der Waals surface area contributed by atoms with Crippen LogP contribution in [0.15, 0.2) is 54.0 Å². The maximum Gasteiger partial charge on any atom is 0.365 e. The van der Waals surface area contributed by atoms with Gasteiger partial charge in [-0.1, -0.05) is 30.3 Å². The van der Waals surface area contributed by atoms with Gasteiger partial charge in [-0.15, -0.1) is 0 Å². The Labute approximate surface area is 145 Å². The quantitative estimate of drug-likeness (QED) is 0.762. The van der Waals surface area contributed by atoms with Crippen molar-refractivity contribution in [3.8, 4) is 0 Å². The van der Waals surface area contributed by atoms with Crippen molar-refractivity contribution in [1.29, 1.82) is 0 Å². The van der Waals surface area contributed by atoms with Gasteiger partial charge in [0.1, 0.15) is 11.4 Å². The molecule has 0 spiro atoms. The van der Waals surface area contributed by atoms with Gasteiger partial charge >= 0.3 is 11.9 Å². The fourth-order valence-electron chi connectivity index (χ4n) is 2.33. The van der Waals surface area contributed by atoms with Gasteiger partial charge < -0.3 is 19.5 Å². The summed E-state index contributed by atoms with van der Waals surface area (Å²) in [5.41, 5.74) is -1.94. The number of esters is 2. The van der Waals surface area contributed by atoms with Crippen molar-refractivity contribution < 1.29 is 28.2 Å². The molecule has 1 aliphatic rings. The van der Waals surface area contributed by atoms with Crippen LogP contribution in [-0.2, 0) is 30.4 Å². The minimum absolute atomic E-state index is 0.0247. The lowest BCUT2D eigenvalue weighted by molar-refractivity contribution is -0.175. The van der Waals surface area contributed by atoms with Crippen LogP contribution >= 0.6 is 0 Å². The van der Waals surface area contributed by atoms with Gasteiger partial charge in [-0.3, -0.25) is 0 Å². The second-order valence-electron chi connectivity index (χ2n) is 5.10. The Balaban J connectivity index is 2.41. The highest BCUT2D eigenvalue weighted by Crippen LogP contribution is 2.31.